The van der Waals surface area contributed by atoms with Crippen molar-refractivity contribution in [2.45, 2.75) is 25.7 Å². The van der Waals surface area contributed by atoms with Crippen molar-refractivity contribution in [1.82, 2.24) is 19.7 Å². The van der Waals surface area contributed by atoms with E-state index >= 15 is 0 Å². The first kappa shape index (κ1) is 17.7. The van der Waals surface area contributed by atoms with Crippen LogP contribution in [0.25, 0.3) is 11.0 Å². The van der Waals surface area contributed by atoms with E-state index in [9.17, 15) is 4.79 Å². The van der Waals surface area contributed by atoms with Crippen LogP contribution in [0.3, 0.4) is 0 Å². The third-order valence-corrected chi connectivity index (χ3v) is 5.15. The Morgan fingerprint density at radius 1 is 1.15 bits per heavy atom. The molecule has 7 nitrogen and oxygen atoms in total. The Hall–Kier alpha value is -2.67. The third kappa shape index (κ3) is 3.60. The zero-order chi connectivity index (χ0) is 18.8. The van der Waals surface area contributed by atoms with E-state index in [4.69, 9.17) is 16.6 Å². The van der Waals surface area contributed by atoms with E-state index in [2.05, 4.69) is 20.3 Å². The summed E-state index contributed by atoms with van der Waals surface area (Å²) in [5.41, 5.74) is 1.10. The first-order valence-electron chi connectivity index (χ1n) is 9.13. The average Bonchev–Trinajstić information content (AvgIpc) is 2.85. The van der Waals surface area contributed by atoms with Gasteiger partial charge in [0.25, 0.3) is 5.91 Å². The Kier molecular flexibility index (Phi) is 4.94. The molecular weight excluding hydrogens is 364 g/mol. The molecule has 4 heterocycles. The number of rotatable bonds is 3. The van der Waals surface area contributed by atoms with Gasteiger partial charge in [-0.3, -0.25) is 9.78 Å². The number of nitrogens with zero attached hydrogens (tertiary/aromatic N) is 5. The fourth-order valence-corrected chi connectivity index (χ4v) is 3.63. The fraction of sp³-hybridized carbons (Fsp3) is 0.368. The van der Waals surface area contributed by atoms with Crippen molar-refractivity contribution < 1.29 is 4.79 Å². The lowest BCUT2D eigenvalue weighted by atomic mass is 10.2. The zero-order valence-electron chi connectivity index (χ0n) is 15.2. The van der Waals surface area contributed by atoms with Crippen LogP contribution in [0, 0.1) is 0 Å². The molecule has 1 saturated heterocycles. The molecule has 0 saturated carbocycles. The Bertz CT molecular complexity index is 977. The second-order valence-corrected chi connectivity index (χ2v) is 7.13. The van der Waals surface area contributed by atoms with E-state index < -0.39 is 0 Å². The van der Waals surface area contributed by atoms with Crippen molar-refractivity contribution in [3.05, 3.63) is 41.2 Å². The molecule has 140 valence electrons. The van der Waals surface area contributed by atoms with Gasteiger partial charge in [-0.05, 0) is 31.0 Å². The average molecular weight is 385 g/mol. The van der Waals surface area contributed by atoms with Crippen molar-refractivity contribution in [2.24, 2.45) is 7.05 Å². The van der Waals surface area contributed by atoms with Crippen molar-refractivity contribution in [3.63, 3.8) is 0 Å². The highest BCUT2D eigenvalue weighted by Crippen LogP contribution is 2.26. The maximum absolute atomic E-state index is 12.5. The molecular formula is C19H21ClN6O. The molecule has 0 aromatic carbocycles. The van der Waals surface area contributed by atoms with Crippen LogP contribution in [0.4, 0.5) is 11.6 Å². The number of carbonyl (C=O) groups excluding carboxylic acids is 1. The molecule has 1 amide bonds. The summed E-state index contributed by atoms with van der Waals surface area (Å²) in [5, 5.41) is 8.37. The van der Waals surface area contributed by atoms with Crippen molar-refractivity contribution in [1.29, 1.82) is 0 Å². The van der Waals surface area contributed by atoms with E-state index in [-0.39, 0.29) is 5.91 Å². The minimum Gasteiger partial charge on any atom is -0.357 e. The molecule has 3 aromatic rings. The molecule has 0 spiro atoms. The van der Waals surface area contributed by atoms with Crippen molar-refractivity contribution in [3.8, 4) is 0 Å². The molecule has 27 heavy (non-hydrogen) atoms. The highest BCUT2D eigenvalue weighted by Gasteiger charge is 2.18. The van der Waals surface area contributed by atoms with Crippen LogP contribution in [0.2, 0.25) is 5.02 Å². The minimum atomic E-state index is -0.320. The first-order valence-corrected chi connectivity index (χ1v) is 9.51. The molecule has 4 rings (SSSR count). The van der Waals surface area contributed by atoms with Gasteiger partial charge in [-0.2, -0.15) is 5.10 Å². The Labute approximate surface area is 162 Å². The number of halogens is 1. The molecule has 8 heteroatoms. The number of carbonyl (C=O) groups is 1. The summed E-state index contributed by atoms with van der Waals surface area (Å²) in [6.07, 6.45) is 7.92. The molecule has 1 aliphatic heterocycles. The molecule has 1 fully saturated rings. The largest absolute Gasteiger partial charge is 0.357 e. The molecule has 0 atom stereocenters. The molecule has 0 aliphatic carbocycles. The van der Waals surface area contributed by atoms with Gasteiger partial charge in [-0.25, -0.2) is 9.67 Å². The quantitative estimate of drug-likeness (QED) is 0.745. The van der Waals surface area contributed by atoms with Gasteiger partial charge in [-0.15, -0.1) is 0 Å². The predicted octanol–water partition coefficient (Wildman–Crippen LogP) is 3.65. The maximum atomic E-state index is 12.5. The lowest BCUT2D eigenvalue weighted by molar-refractivity contribution is 0.102. The highest BCUT2D eigenvalue weighted by atomic mass is 35.5. The van der Waals surface area contributed by atoms with Gasteiger partial charge in [0.2, 0.25) is 0 Å². The monoisotopic (exact) mass is 384 g/mol. The van der Waals surface area contributed by atoms with E-state index in [1.807, 2.05) is 19.2 Å². The summed E-state index contributed by atoms with van der Waals surface area (Å²) in [7, 11) is 1.83. The molecule has 0 unspecified atom stereocenters. The van der Waals surface area contributed by atoms with Gasteiger partial charge >= 0.3 is 0 Å². The van der Waals surface area contributed by atoms with Gasteiger partial charge in [0.1, 0.15) is 5.82 Å². The Morgan fingerprint density at radius 3 is 2.67 bits per heavy atom. The standard InChI is InChI=1S/C19H21ClN6O/c1-25-18-14(6-7-16(22-18)26-10-4-2-3-5-11-26)17(24-25)23-19(27)13-8-9-21-12-15(13)20/h6-9,12H,2-5,10-11H2,1H3,(H,23,24,27). The SMILES string of the molecule is Cn1nc(NC(=O)c2ccncc2Cl)c2ccc(N3CCCCCC3)nc21. The van der Waals surface area contributed by atoms with Crippen LogP contribution >= 0.6 is 11.6 Å². The second-order valence-electron chi connectivity index (χ2n) is 6.72. The number of pyridine rings is 2. The highest BCUT2D eigenvalue weighted by molar-refractivity contribution is 6.34. The molecule has 0 bridgehead atoms. The van der Waals surface area contributed by atoms with E-state index in [1.165, 1.54) is 38.1 Å². The van der Waals surface area contributed by atoms with Crippen LogP contribution in [0.1, 0.15) is 36.0 Å². The van der Waals surface area contributed by atoms with Crippen LogP contribution in [0.5, 0.6) is 0 Å². The summed E-state index contributed by atoms with van der Waals surface area (Å²) >= 11 is 6.06. The van der Waals surface area contributed by atoms with E-state index in [0.29, 0.717) is 16.4 Å². The third-order valence-electron chi connectivity index (χ3n) is 4.85. The molecule has 1 aliphatic rings. The Morgan fingerprint density at radius 2 is 1.93 bits per heavy atom. The van der Waals surface area contributed by atoms with Crippen LogP contribution < -0.4 is 10.2 Å². The zero-order valence-corrected chi connectivity index (χ0v) is 15.9. The Balaban J connectivity index is 1.63. The number of hydrogen-bond acceptors (Lipinski definition) is 5. The molecule has 0 radical (unpaired) electrons. The summed E-state index contributed by atoms with van der Waals surface area (Å²) in [6.45, 7) is 2.06. The minimum absolute atomic E-state index is 0.303. The number of nitrogens with one attached hydrogen (secondary N) is 1. The van der Waals surface area contributed by atoms with Gasteiger partial charge in [-0.1, -0.05) is 24.4 Å². The van der Waals surface area contributed by atoms with E-state index in [0.717, 1.165) is 29.9 Å². The van der Waals surface area contributed by atoms with Crippen LogP contribution in [-0.4, -0.2) is 38.7 Å². The van der Waals surface area contributed by atoms with Gasteiger partial charge in [0, 0.05) is 32.5 Å². The number of hydrogen-bond donors (Lipinski definition) is 1. The smallest absolute Gasteiger partial charge is 0.258 e. The number of anilines is 2. The van der Waals surface area contributed by atoms with Gasteiger partial charge in [0.15, 0.2) is 11.5 Å². The second kappa shape index (κ2) is 7.52. The summed E-state index contributed by atoms with van der Waals surface area (Å²) in [6, 6.07) is 5.56. The first-order chi connectivity index (χ1) is 13.1. The number of fused-ring (bicyclic) bond motifs is 1. The summed E-state index contributed by atoms with van der Waals surface area (Å²) < 4.78 is 1.69. The van der Waals surface area contributed by atoms with Crippen molar-refractivity contribution in [2.75, 3.05) is 23.3 Å². The number of aromatic nitrogens is 4. The lowest BCUT2D eigenvalue weighted by Gasteiger charge is -2.21. The summed E-state index contributed by atoms with van der Waals surface area (Å²) in [4.78, 5) is 23.6. The van der Waals surface area contributed by atoms with Gasteiger partial charge in [0.05, 0.1) is 16.0 Å². The topological polar surface area (TPSA) is 75.9 Å². The lowest BCUT2D eigenvalue weighted by Crippen LogP contribution is -2.24. The molecule has 3 aromatic heterocycles. The van der Waals surface area contributed by atoms with E-state index in [1.54, 1.807) is 10.7 Å². The summed E-state index contributed by atoms with van der Waals surface area (Å²) in [5.74, 6) is 1.11. The maximum Gasteiger partial charge on any atom is 0.258 e. The van der Waals surface area contributed by atoms with Gasteiger partial charge < -0.3 is 10.2 Å². The normalized spacial score (nSPS) is 15.0. The van der Waals surface area contributed by atoms with Crippen LogP contribution in [0.15, 0.2) is 30.6 Å². The number of amides is 1. The van der Waals surface area contributed by atoms with Crippen LogP contribution in [-0.2, 0) is 7.05 Å². The van der Waals surface area contributed by atoms with Crippen molar-refractivity contribution >= 4 is 40.2 Å². The fourth-order valence-electron chi connectivity index (χ4n) is 3.42. The predicted molar refractivity (Wildman–Crippen MR) is 106 cm³/mol. The molecule has 1 N–H and O–H groups in total. The number of aryl methyl sites for hydroxylation is 1.